The largest absolute Gasteiger partial charge is 0.322 e. The van der Waals surface area contributed by atoms with Crippen LogP contribution in [0.2, 0.25) is 5.02 Å². The van der Waals surface area contributed by atoms with Gasteiger partial charge in [-0.05, 0) is 98.1 Å². The summed E-state index contributed by atoms with van der Waals surface area (Å²) in [6.45, 7) is 5.58. The van der Waals surface area contributed by atoms with Crippen molar-refractivity contribution >= 4 is 54.6 Å². The van der Waals surface area contributed by atoms with Crippen LogP contribution < -0.4 is 14.8 Å². The SMILES string of the molecule is Cc1ccc(NS(=O)(=O)c2cc(C(=O)Nc3ccc(S(=O)(=O)Nc4ccccc4C)cc3)ccc2Cl)cc1C. The highest BCUT2D eigenvalue weighted by Crippen LogP contribution is 2.27. The molecular formula is C28H26ClN3O5S2. The van der Waals surface area contributed by atoms with Crippen molar-refractivity contribution in [2.24, 2.45) is 0 Å². The third-order valence-corrected chi connectivity index (χ3v) is 9.30. The van der Waals surface area contributed by atoms with Crippen molar-refractivity contribution in [2.45, 2.75) is 30.6 Å². The quantitative estimate of drug-likeness (QED) is 0.231. The number of rotatable bonds is 8. The molecule has 0 spiro atoms. The van der Waals surface area contributed by atoms with E-state index in [1.165, 1.54) is 42.5 Å². The van der Waals surface area contributed by atoms with Crippen LogP contribution >= 0.6 is 11.6 Å². The van der Waals surface area contributed by atoms with Crippen LogP contribution in [0.1, 0.15) is 27.0 Å². The Kier molecular flexibility index (Phi) is 8.01. The topological polar surface area (TPSA) is 121 Å². The van der Waals surface area contributed by atoms with Gasteiger partial charge in [0.15, 0.2) is 0 Å². The number of amides is 1. The smallest absolute Gasteiger partial charge is 0.263 e. The monoisotopic (exact) mass is 583 g/mol. The zero-order chi connectivity index (χ0) is 28.4. The maximum absolute atomic E-state index is 13.0. The molecule has 0 saturated carbocycles. The minimum absolute atomic E-state index is 0.0149. The van der Waals surface area contributed by atoms with Crippen molar-refractivity contribution in [3.8, 4) is 0 Å². The second kappa shape index (κ2) is 11.1. The fraction of sp³-hybridized carbons (Fsp3) is 0.107. The van der Waals surface area contributed by atoms with Gasteiger partial charge in [-0.25, -0.2) is 16.8 Å². The van der Waals surface area contributed by atoms with Crippen molar-refractivity contribution in [1.29, 1.82) is 0 Å². The van der Waals surface area contributed by atoms with Crippen LogP contribution in [0.15, 0.2) is 94.7 Å². The van der Waals surface area contributed by atoms with Gasteiger partial charge < -0.3 is 5.32 Å². The summed E-state index contributed by atoms with van der Waals surface area (Å²) >= 11 is 6.18. The number of anilines is 3. The number of carbonyl (C=O) groups is 1. The molecule has 0 aromatic heterocycles. The predicted molar refractivity (Wildman–Crippen MR) is 155 cm³/mol. The Hall–Kier alpha value is -3.86. The second-order valence-corrected chi connectivity index (χ2v) is 12.7. The molecule has 4 aromatic rings. The van der Waals surface area contributed by atoms with Gasteiger partial charge in [0.1, 0.15) is 4.90 Å². The molecule has 0 saturated heterocycles. The number of nitrogens with one attached hydrogen (secondary N) is 3. The first-order valence-corrected chi connectivity index (χ1v) is 15.1. The Balaban J connectivity index is 1.51. The highest BCUT2D eigenvalue weighted by atomic mass is 35.5. The van der Waals surface area contributed by atoms with E-state index in [1.807, 2.05) is 19.9 Å². The van der Waals surface area contributed by atoms with Crippen LogP contribution in [-0.4, -0.2) is 22.7 Å². The maximum atomic E-state index is 13.0. The number of hydrogen-bond acceptors (Lipinski definition) is 5. The predicted octanol–water partition coefficient (Wildman–Crippen LogP) is 6.12. The molecular weight excluding hydrogens is 558 g/mol. The van der Waals surface area contributed by atoms with Gasteiger partial charge in [-0.1, -0.05) is 35.9 Å². The molecule has 4 rings (SSSR count). The van der Waals surface area contributed by atoms with E-state index in [1.54, 1.807) is 43.3 Å². The van der Waals surface area contributed by atoms with Crippen molar-refractivity contribution in [3.63, 3.8) is 0 Å². The lowest BCUT2D eigenvalue weighted by atomic mass is 10.1. The highest BCUT2D eigenvalue weighted by molar-refractivity contribution is 7.93. The van der Waals surface area contributed by atoms with Crippen LogP contribution in [0.4, 0.5) is 17.1 Å². The summed E-state index contributed by atoms with van der Waals surface area (Å²) in [7, 11) is -7.93. The van der Waals surface area contributed by atoms with Crippen molar-refractivity contribution in [3.05, 3.63) is 112 Å². The molecule has 4 aromatic carbocycles. The minimum atomic E-state index is -4.09. The zero-order valence-corrected chi connectivity index (χ0v) is 23.7. The van der Waals surface area contributed by atoms with E-state index in [-0.39, 0.29) is 20.4 Å². The van der Waals surface area contributed by atoms with Crippen molar-refractivity contribution in [1.82, 2.24) is 0 Å². The van der Waals surface area contributed by atoms with E-state index in [4.69, 9.17) is 11.6 Å². The zero-order valence-electron chi connectivity index (χ0n) is 21.3. The van der Waals surface area contributed by atoms with E-state index in [0.717, 1.165) is 16.7 Å². The first kappa shape index (κ1) is 28.2. The van der Waals surface area contributed by atoms with E-state index < -0.39 is 26.0 Å². The molecule has 0 aliphatic carbocycles. The molecule has 39 heavy (non-hydrogen) atoms. The number of hydrogen-bond donors (Lipinski definition) is 3. The first-order valence-electron chi connectivity index (χ1n) is 11.8. The molecule has 0 aliphatic heterocycles. The Morgan fingerprint density at radius 1 is 0.667 bits per heavy atom. The molecule has 8 nitrogen and oxygen atoms in total. The van der Waals surface area contributed by atoms with Crippen LogP contribution in [0, 0.1) is 20.8 Å². The standard InChI is InChI=1S/C28H26ClN3O5S2/c1-18-8-10-23(16-20(18)3)31-39(36,37)27-17-21(9-15-25(27)29)28(33)30-22-11-13-24(14-12-22)38(34,35)32-26-7-5-4-6-19(26)2/h4-17,31-32H,1-3H3,(H,30,33). The molecule has 0 bridgehead atoms. The highest BCUT2D eigenvalue weighted by Gasteiger charge is 2.21. The van der Waals surface area contributed by atoms with Gasteiger partial charge in [0.25, 0.3) is 26.0 Å². The summed E-state index contributed by atoms with van der Waals surface area (Å²) < 4.78 is 56.7. The minimum Gasteiger partial charge on any atom is -0.322 e. The number of halogens is 1. The van der Waals surface area contributed by atoms with Crippen LogP contribution in [0.5, 0.6) is 0 Å². The summed E-state index contributed by atoms with van der Waals surface area (Å²) in [5, 5.41) is 2.60. The van der Waals surface area contributed by atoms with Crippen LogP contribution in [0.25, 0.3) is 0 Å². The van der Waals surface area contributed by atoms with Gasteiger partial charge in [0.2, 0.25) is 0 Å². The molecule has 202 valence electrons. The Labute approximate surface area is 233 Å². The lowest BCUT2D eigenvalue weighted by Crippen LogP contribution is -2.17. The number of benzene rings is 4. The molecule has 11 heteroatoms. The van der Waals surface area contributed by atoms with E-state index in [2.05, 4.69) is 14.8 Å². The lowest BCUT2D eigenvalue weighted by Gasteiger charge is -2.13. The van der Waals surface area contributed by atoms with E-state index in [9.17, 15) is 21.6 Å². The fourth-order valence-corrected chi connectivity index (χ4v) is 6.38. The summed E-state index contributed by atoms with van der Waals surface area (Å²) in [5.41, 5.74) is 3.92. The molecule has 0 heterocycles. The summed E-state index contributed by atoms with van der Waals surface area (Å²) in [5.74, 6) is -0.595. The number of carbonyl (C=O) groups excluding carboxylic acids is 1. The third kappa shape index (κ3) is 6.59. The molecule has 0 radical (unpaired) electrons. The molecule has 0 unspecified atom stereocenters. The number of aryl methyl sites for hydroxylation is 3. The van der Waals surface area contributed by atoms with E-state index >= 15 is 0 Å². The molecule has 0 aliphatic rings. The molecule has 0 atom stereocenters. The third-order valence-electron chi connectivity index (χ3n) is 6.05. The second-order valence-electron chi connectivity index (χ2n) is 8.95. The average Bonchev–Trinajstić information content (AvgIpc) is 2.88. The summed E-state index contributed by atoms with van der Waals surface area (Å²) in [4.78, 5) is 12.7. The Bertz CT molecular complexity index is 1770. The molecule has 1 amide bonds. The van der Waals surface area contributed by atoms with Gasteiger partial charge >= 0.3 is 0 Å². The molecule has 3 N–H and O–H groups in total. The van der Waals surface area contributed by atoms with Gasteiger partial charge in [-0.15, -0.1) is 0 Å². The number of sulfonamides is 2. The molecule has 0 fully saturated rings. The Morgan fingerprint density at radius 3 is 2.00 bits per heavy atom. The summed E-state index contributed by atoms with van der Waals surface area (Å²) in [6.07, 6.45) is 0. The van der Waals surface area contributed by atoms with Gasteiger partial charge in [-0.2, -0.15) is 0 Å². The normalized spacial score (nSPS) is 11.6. The Morgan fingerprint density at radius 2 is 1.33 bits per heavy atom. The van der Waals surface area contributed by atoms with Crippen molar-refractivity contribution < 1.29 is 21.6 Å². The number of para-hydroxylation sites is 1. The van der Waals surface area contributed by atoms with Crippen LogP contribution in [0.3, 0.4) is 0 Å². The average molecular weight is 584 g/mol. The lowest BCUT2D eigenvalue weighted by molar-refractivity contribution is 0.102. The van der Waals surface area contributed by atoms with E-state index in [0.29, 0.717) is 17.1 Å². The maximum Gasteiger partial charge on any atom is 0.263 e. The van der Waals surface area contributed by atoms with Crippen LogP contribution in [-0.2, 0) is 20.0 Å². The van der Waals surface area contributed by atoms with Gasteiger partial charge in [-0.3, -0.25) is 14.2 Å². The fourth-order valence-electron chi connectivity index (χ4n) is 3.68. The summed E-state index contributed by atoms with van der Waals surface area (Å²) in [6, 6.07) is 21.7. The van der Waals surface area contributed by atoms with Gasteiger partial charge in [0.05, 0.1) is 15.6 Å². The first-order chi connectivity index (χ1) is 18.4. The van der Waals surface area contributed by atoms with Gasteiger partial charge in [0, 0.05) is 16.9 Å². The van der Waals surface area contributed by atoms with Crippen molar-refractivity contribution in [2.75, 3.05) is 14.8 Å².